The zero-order chi connectivity index (χ0) is 14.4. The van der Waals surface area contributed by atoms with Gasteiger partial charge in [-0.3, -0.25) is 4.79 Å². The van der Waals surface area contributed by atoms with E-state index in [0.717, 1.165) is 31.7 Å². The minimum Gasteiger partial charge on any atom is -0.481 e. The molecule has 0 aliphatic carbocycles. The van der Waals surface area contributed by atoms with E-state index in [2.05, 4.69) is 10.6 Å². The van der Waals surface area contributed by atoms with Gasteiger partial charge in [-0.05, 0) is 56.8 Å². The van der Waals surface area contributed by atoms with Gasteiger partial charge in [-0.2, -0.15) is 0 Å². The fourth-order valence-electron chi connectivity index (χ4n) is 2.21. The highest BCUT2D eigenvalue weighted by atomic mass is 35.5. The van der Waals surface area contributed by atoms with Crippen molar-refractivity contribution in [2.75, 3.05) is 19.3 Å². The van der Waals surface area contributed by atoms with E-state index >= 15 is 0 Å². The Kier molecular flexibility index (Phi) is 7.93. The molecule has 1 aromatic carbocycles. The lowest BCUT2D eigenvalue weighted by Gasteiger charge is -2.25. The predicted octanol–water partition coefficient (Wildman–Crippen LogP) is 2.47. The molecular formula is C15H23ClN2O2S. The number of carbonyl (C=O) groups excluding carboxylic acids is 1. The number of nitrogens with one attached hydrogen (secondary N) is 2. The molecule has 1 fully saturated rings. The summed E-state index contributed by atoms with van der Waals surface area (Å²) in [6.07, 6.45) is 3.70. The van der Waals surface area contributed by atoms with Crippen LogP contribution in [0.5, 0.6) is 5.75 Å². The first-order chi connectivity index (χ1) is 9.69. The quantitative estimate of drug-likeness (QED) is 0.814. The van der Waals surface area contributed by atoms with Gasteiger partial charge in [0.2, 0.25) is 0 Å². The first kappa shape index (κ1) is 18.1. The molecule has 0 bridgehead atoms. The second-order valence-electron chi connectivity index (χ2n) is 4.99. The Bertz CT molecular complexity index is 436. The highest BCUT2D eigenvalue weighted by Crippen LogP contribution is 2.19. The summed E-state index contributed by atoms with van der Waals surface area (Å²) in [5.41, 5.74) is 0. The van der Waals surface area contributed by atoms with Crippen molar-refractivity contribution in [3.05, 3.63) is 24.3 Å². The lowest BCUT2D eigenvalue weighted by atomic mass is 10.1. The van der Waals surface area contributed by atoms with Crippen molar-refractivity contribution in [3.8, 4) is 5.75 Å². The van der Waals surface area contributed by atoms with Crippen LogP contribution >= 0.6 is 24.2 Å². The molecule has 2 rings (SSSR count). The minimum absolute atomic E-state index is 0. The van der Waals surface area contributed by atoms with Crippen LogP contribution in [0.2, 0.25) is 0 Å². The van der Waals surface area contributed by atoms with Gasteiger partial charge in [-0.1, -0.05) is 0 Å². The van der Waals surface area contributed by atoms with E-state index in [1.165, 1.54) is 4.90 Å². The maximum Gasteiger partial charge on any atom is 0.261 e. The van der Waals surface area contributed by atoms with E-state index in [0.29, 0.717) is 0 Å². The SMILES string of the molecule is CSc1ccc(OC(C)C(=O)NC2CCCNC2)cc1.Cl. The summed E-state index contributed by atoms with van der Waals surface area (Å²) in [7, 11) is 0. The summed E-state index contributed by atoms with van der Waals surface area (Å²) in [6.45, 7) is 3.68. The van der Waals surface area contributed by atoms with Crippen LogP contribution < -0.4 is 15.4 Å². The number of hydrogen-bond acceptors (Lipinski definition) is 4. The van der Waals surface area contributed by atoms with Crippen molar-refractivity contribution in [1.29, 1.82) is 0 Å². The Labute approximate surface area is 136 Å². The molecular weight excluding hydrogens is 308 g/mol. The molecule has 2 atom stereocenters. The summed E-state index contributed by atoms with van der Waals surface area (Å²) in [5.74, 6) is 0.680. The largest absolute Gasteiger partial charge is 0.481 e. The van der Waals surface area contributed by atoms with Crippen LogP contribution in [0.3, 0.4) is 0 Å². The van der Waals surface area contributed by atoms with Crippen molar-refractivity contribution in [2.24, 2.45) is 0 Å². The molecule has 2 unspecified atom stereocenters. The van der Waals surface area contributed by atoms with Gasteiger partial charge in [-0.25, -0.2) is 0 Å². The Morgan fingerprint density at radius 1 is 1.43 bits per heavy atom. The Morgan fingerprint density at radius 3 is 2.71 bits per heavy atom. The van der Waals surface area contributed by atoms with Gasteiger partial charge in [0.1, 0.15) is 5.75 Å². The fourth-order valence-corrected chi connectivity index (χ4v) is 2.61. The molecule has 1 amide bonds. The topological polar surface area (TPSA) is 50.4 Å². The number of benzene rings is 1. The number of piperidine rings is 1. The van der Waals surface area contributed by atoms with Gasteiger partial charge in [-0.15, -0.1) is 24.2 Å². The Balaban J connectivity index is 0.00000220. The first-order valence-corrected chi connectivity index (χ1v) is 8.23. The molecule has 118 valence electrons. The Morgan fingerprint density at radius 2 is 2.14 bits per heavy atom. The third kappa shape index (κ3) is 5.77. The number of amides is 1. The van der Waals surface area contributed by atoms with Crippen molar-refractivity contribution < 1.29 is 9.53 Å². The first-order valence-electron chi connectivity index (χ1n) is 7.01. The molecule has 0 radical (unpaired) electrons. The van der Waals surface area contributed by atoms with Crippen LogP contribution in [0.15, 0.2) is 29.2 Å². The van der Waals surface area contributed by atoms with Gasteiger partial charge < -0.3 is 15.4 Å². The van der Waals surface area contributed by atoms with E-state index in [9.17, 15) is 4.79 Å². The predicted molar refractivity (Wildman–Crippen MR) is 89.6 cm³/mol. The molecule has 1 aliphatic rings. The van der Waals surface area contributed by atoms with Gasteiger partial charge in [0, 0.05) is 17.5 Å². The zero-order valence-electron chi connectivity index (χ0n) is 12.4. The maximum absolute atomic E-state index is 12.1. The summed E-state index contributed by atoms with van der Waals surface area (Å²) in [5, 5.41) is 6.31. The lowest BCUT2D eigenvalue weighted by molar-refractivity contribution is -0.128. The van der Waals surface area contributed by atoms with Crippen LogP contribution in [0.1, 0.15) is 19.8 Å². The monoisotopic (exact) mass is 330 g/mol. The van der Waals surface area contributed by atoms with Crippen molar-refractivity contribution in [1.82, 2.24) is 10.6 Å². The van der Waals surface area contributed by atoms with E-state index in [1.54, 1.807) is 18.7 Å². The second kappa shape index (κ2) is 9.18. The molecule has 1 heterocycles. The number of rotatable bonds is 5. The van der Waals surface area contributed by atoms with Crippen LogP contribution in [0, 0.1) is 0 Å². The summed E-state index contributed by atoms with van der Waals surface area (Å²) < 4.78 is 5.68. The normalized spacial score (nSPS) is 19.2. The number of thioether (sulfide) groups is 1. The van der Waals surface area contributed by atoms with E-state index < -0.39 is 6.10 Å². The van der Waals surface area contributed by atoms with Gasteiger partial charge >= 0.3 is 0 Å². The third-order valence-corrected chi connectivity index (χ3v) is 4.13. The summed E-state index contributed by atoms with van der Waals surface area (Å²) in [4.78, 5) is 13.3. The van der Waals surface area contributed by atoms with Crippen molar-refractivity contribution in [3.63, 3.8) is 0 Å². The molecule has 0 saturated carbocycles. The summed E-state index contributed by atoms with van der Waals surface area (Å²) in [6, 6.07) is 8.02. The average Bonchev–Trinajstić information content (AvgIpc) is 2.49. The van der Waals surface area contributed by atoms with Crippen LogP contribution in [0.25, 0.3) is 0 Å². The number of ether oxygens (including phenoxy) is 1. The Hall–Kier alpha value is -0.910. The standard InChI is InChI=1S/C15H22N2O2S.ClH/c1-11(15(18)17-12-4-3-9-16-10-12)19-13-5-7-14(20-2)8-6-13;/h5-8,11-12,16H,3-4,9-10H2,1-2H3,(H,17,18);1H. The van der Waals surface area contributed by atoms with Crippen LogP contribution in [0.4, 0.5) is 0 Å². The third-order valence-electron chi connectivity index (χ3n) is 3.38. The van der Waals surface area contributed by atoms with Crippen molar-refractivity contribution in [2.45, 2.75) is 36.8 Å². The smallest absolute Gasteiger partial charge is 0.261 e. The molecule has 1 aromatic rings. The molecule has 6 heteroatoms. The molecule has 1 aliphatic heterocycles. The molecule has 4 nitrogen and oxygen atoms in total. The van der Waals surface area contributed by atoms with Gasteiger partial charge in [0.15, 0.2) is 6.10 Å². The van der Waals surface area contributed by atoms with E-state index in [1.807, 2.05) is 30.5 Å². The molecule has 0 spiro atoms. The minimum atomic E-state index is -0.475. The maximum atomic E-state index is 12.1. The zero-order valence-corrected chi connectivity index (χ0v) is 14.1. The van der Waals surface area contributed by atoms with Crippen LogP contribution in [-0.4, -0.2) is 37.4 Å². The van der Waals surface area contributed by atoms with Crippen LogP contribution in [-0.2, 0) is 4.79 Å². The lowest BCUT2D eigenvalue weighted by Crippen LogP contribution is -2.49. The molecule has 2 N–H and O–H groups in total. The number of halogens is 1. The average molecular weight is 331 g/mol. The molecule has 21 heavy (non-hydrogen) atoms. The van der Waals surface area contributed by atoms with E-state index in [4.69, 9.17) is 4.74 Å². The highest BCUT2D eigenvalue weighted by Gasteiger charge is 2.20. The molecule has 1 saturated heterocycles. The highest BCUT2D eigenvalue weighted by molar-refractivity contribution is 7.98. The number of hydrogen-bond donors (Lipinski definition) is 2. The molecule has 0 aromatic heterocycles. The number of carbonyl (C=O) groups is 1. The van der Waals surface area contributed by atoms with E-state index in [-0.39, 0.29) is 24.4 Å². The van der Waals surface area contributed by atoms with Gasteiger partial charge in [0.05, 0.1) is 0 Å². The van der Waals surface area contributed by atoms with Gasteiger partial charge in [0.25, 0.3) is 5.91 Å². The summed E-state index contributed by atoms with van der Waals surface area (Å²) >= 11 is 1.68. The fraction of sp³-hybridized carbons (Fsp3) is 0.533. The second-order valence-corrected chi connectivity index (χ2v) is 5.87. The van der Waals surface area contributed by atoms with Crippen molar-refractivity contribution >= 4 is 30.1 Å².